The van der Waals surface area contributed by atoms with Crippen molar-refractivity contribution in [2.24, 2.45) is 79.3 Å². The number of aromatic amines is 1. The van der Waals surface area contributed by atoms with Crippen LogP contribution in [0.4, 0.5) is 4.39 Å². The van der Waals surface area contributed by atoms with E-state index in [0.717, 1.165) is 81.4 Å². The lowest BCUT2D eigenvalue weighted by molar-refractivity contribution is -0.253. The third-order valence-electron chi connectivity index (χ3n) is 21.4. The van der Waals surface area contributed by atoms with E-state index in [2.05, 4.69) is 51.4 Å². The number of carbonyl (C=O) groups excluding carboxylic acids is 2. The third-order valence-corrected chi connectivity index (χ3v) is 21.4. The Morgan fingerprint density at radius 1 is 0.803 bits per heavy atom. The highest BCUT2D eigenvalue weighted by molar-refractivity contribution is 5.85. The molecule has 2 heterocycles. The topological polar surface area (TPSA) is 113 Å². The highest BCUT2D eigenvalue weighted by atomic mass is 19.1. The average molecular weight is 838 g/mol. The molecule has 8 aliphatic rings. The Kier molecular flexibility index (Phi) is 9.34. The monoisotopic (exact) mass is 838 g/mol. The minimum Gasteiger partial charge on any atom is -0.481 e. The van der Waals surface area contributed by atoms with Crippen molar-refractivity contribution in [3.05, 3.63) is 42.1 Å². The van der Waals surface area contributed by atoms with Gasteiger partial charge in [-0.2, -0.15) is 0 Å². The van der Waals surface area contributed by atoms with Gasteiger partial charge in [0.15, 0.2) is 0 Å². The molecule has 0 spiro atoms. The molecule has 0 unspecified atom stereocenters. The van der Waals surface area contributed by atoms with E-state index in [4.69, 9.17) is 9.72 Å². The maximum absolute atomic E-state index is 15.7. The molecule has 1 amide bonds. The predicted octanol–water partition coefficient (Wildman–Crippen LogP) is 11.4. The second-order valence-corrected chi connectivity index (χ2v) is 24.3. The Hall–Kier alpha value is -3.23. The SMILES string of the molecule is CC1([C@@H]2CC[C@]3(C(=O)N4CCC[C@H]4c4ncc(-c5cccc(F)c5)[nH]4)CC[C@]4(C)[C@H](CC[C@@H]5[C@@]6(C)CC[C@H](OC(=O)[C@H]7C[C@@H](C(=O)O)C7(C)C)C(C)(C)[C@@H]6CC[C@]54C)[C@@H]23)CC1. The minimum absolute atomic E-state index is 0.0863. The van der Waals surface area contributed by atoms with Crippen molar-refractivity contribution in [2.75, 3.05) is 6.54 Å². The molecule has 2 aromatic rings. The molecule has 9 heteroatoms. The molecule has 7 aliphatic carbocycles. The maximum atomic E-state index is 15.7. The van der Waals surface area contributed by atoms with Gasteiger partial charge < -0.3 is 19.7 Å². The Morgan fingerprint density at radius 3 is 2.28 bits per heavy atom. The van der Waals surface area contributed by atoms with Crippen LogP contribution in [0.1, 0.15) is 164 Å². The van der Waals surface area contributed by atoms with E-state index >= 15 is 4.79 Å². The lowest BCUT2D eigenvalue weighted by atomic mass is 9.32. The average Bonchev–Trinajstić information content (AvgIpc) is 3.58. The van der Waals surface area contributed by atoms with Gasteiger partial charge >= 0.3 is 11.9 Å². The molecule has 10 rings (SSSR count). The summed E-state index contributed by atoms with van der Waals surface area (Å²) in [7, 11) is 0. The number of H-pyrrole nitrogens is 1. The van der Waals surface area contributed by atoms with Crippen LogP contribution in [0.25, 0.3) is 11.3 Å². The molecule has 332 valence electrons. The second kappa shape index (κ2) is 13.6. The fourth-order valence-electron chi connectivity index (χ4n) is 17.4. The highest BCUT2D eigenvalue weighted by Gasteiger charge is 2.74. The Bertz CT molecular complexity index is 2120. The molecular weight excluding hydrogens is 766 g/mol. The zero-order valence-corrected chi connectivity index (χ0v) is 38.2. The molecule has 1 aromatic heterocycles. The van der Waals surface area contributed by atoms with Crippen molar-refractivity contribution in [2.45, 2.75) is 164 Å². The molecule has 61 heavy (non-hydrogen) atoms. The molecule has 1 aromatic carbocycles. The number of carboxylic acid groups (broad SMARTS) is 1. The lowest BCUT2D eigenvalue weighted by Gasteiger charge is -2.73. The first-order valence-corrected chi connectivity index (χ1v) is 24.3. The first-order chi connectivity index (χ1) is 28.7. The maximum Gasteiger partial charge on any atom is 0.309 e. The molecule has 0 radical (unpaired) electrons. The number of amides is 1. The number of ether oxygens (including phenoxy) is 1. The minimum atomic E-state index is -0.819. The van der Waals surface area contributed by atoms with Crippen LogP contribution < -0.4 is 0 Å². The summed E-state index contributed by atoms with van der Waals surface area (Å²) in [5.74, 6) is 1.51. The van der Waals surface area contributed by atoms with Crippen LogP contribution in [0.2, 0.25) is 0 Å². The quantitative estimate of drug-likeness (QED) is 0.269. The fraction of sp³-hybridized carbons (Fsp3) is 0.769. The number of aromatic nitrogens is 2. The normalized spacial score (nSPS) is 43.8. The summed E-state index contributed by atoms with van der Waals surface area (Å²) in [5.41, 5.74) is 1.17. The van der Waals surface area contributed by atoms with Gasteiger partial charge in [-0.1, -0.05) is 67.5 Å². The van der Waals surface area contributed by atoms with Crippen LogP contribution >= 0.6 is 0 Å². The first-order valence-electron chi connectivity index (χ1n) is 24.3. The molecule has 7 saturated carbocycles. The van der Waals surface area contributed by atoms with Crippen molar-refractivity contribution in [1.82, 2.24) is 14.9 Å². The van der Waals surface area contributed by atoms with Crippen LogP contribution in [0.3, 0.4) is 0 Å². The van der Waals surface area contributed by atoms with Gasteiger partial charge in [0, 0.05) is 17.5 Å². The van der Waals surface area contributed by atoms with Crippen molar-refractivity contribution in [3.8, 4) is 11.3 Å². The first kappa shape index (κ1) is 41.8. The van der Waals surface area contributed by atoms with E-state index in [9.17, 15) is 19.1 Å². The molecular formula is C52H72FN3O5. The fourth-order valence-corrected chi connectivity index (χ4v) is 17.4. The lowest BCUT2D eigenvalue weighted by Crippen LogP contribution is -2.67. The van der Waals surface area contributed by atoms with Crippen LogP contribution in [-0.4, -0.2) is 50.5 Å². The van der Waals surface area contributed by atoms with Gasteiger partial charge in [-0.3, -0.25) is 14.4 Å². The van der Waals surface area contributed by atoms with E-state index < -0.39 is 17.3 Å². The van der Waals surface area contributed by atoms with Crippen molar-refractivity contribution in [1.29, 1.82) is 0 Å². The van der Waals surface area contributed by atoms with Gasteiger partial charge in [-0.25, -0.2) is 9.37 Å². The number of rotatable bonds is 7. The molecule has 1 saturated heterocycles. The number of carboxylic acids is 1. The van der Waals surface area contributed by atoms with Crippen molar-refractivity contribution < 1.29 is 28.6 Å². The number of nitrogens with zero attached hydrogens (tertiary/aromatic N) is 2. The van der Waals surface area contributed by atoms with E-state index in [1.807, 2.05) is 19.9 Å². The number of likely N-dealkylation sites (tertiary alicyclic amines) is 1. The summed E-state index contributed by atoms with van der Waals surface area (Å²) >= 11 is 0. The van der Waals surface area contributed by atoms with E-state index in [0.29, 0.717) is 47.3 Å². The number of fused-ring (bicyclic) bond motifs is 7. The zero-order chi connectivity index (χ0) is 43.3. The summed E-state index contributed by atoms with van der Waals surface area (Å²) in [6.07, 6.45) is 17.2. The van der Waals surface area contributed by atoms with E-state index in [-0.39, 0.29) is 56.9 Å². The van der Waals surface area contributed by atoms with Gasteiger partial charge in [-0.05, 0) is 165 Å². The molecule has 8 fully saturated rings. The van der Waals surface area contributed by atoms with Gasteiger partial charge in [0.05, 0.1) is 35.2 Å². The van der Waals surface area contributed by atoms with Crippen LogP contribution in [0.15, 0.2) is 30.5 Å². The van der Waals surface area contributed by atoms with Crippen LogP contribution in [0.5, 0.6) is 0 Å². The third kappa shape index (κ3) is 5.77. The smallest absolute Gasteiger partial charge is 0.309 e. The summed E-state index contributed by atoms with van der Waals surface area (Å²) < 4.78 is 20.7. The zero-order valence-electron chi connectivity index (χ0n) is 38.2. The number of hydrogen-bond acceptors (Lipinski definition) is 5. The Balaban J connectivity index is 0.914. The summed E-state index contributed by atoms with van der Waals surface area (Å²) in [4.78, 5) is 51.8. The molecule has 2 N–H and O–H groups in total. The summed E-state index contributed by atoms with van der Waals surface area (Å²) in [6, 6.07) is 6.55. The number of halogens is 1. The molecule has 0 bridgehead atoms. The number of carbonyl (C=O) groups is 3. The van der Waals surface area contributed by atoms with Gasteiger partial charge in [0.2, 0.25) is 5.91 Å². The van der Waals surface area contributed by atoms with E-state index in [1.54, 1.807) is 12.3 Å². The molecule has 13 atom stereocenters. The molecule has 8 nitrogen and oxygen atoms in total. The summed E-state index contributed by atoms with van der Waals surface area (Å²) in [6.45, 7) is 19.8. The standard InChI is InChI=1S/C52H72FN3O5/c1-46(2)34(43(57)58)28-35(46)44(59)61-40-18-19-49(6)38(47(40,3)4)17-20-51(8)39(49)15-14-33-41-32(48(5)22-23-48)16-21-52(41,25-24-50(33,51)7)45(60)56-26-10-13-37(56)42-54-29-36(55-42)30-11-9-12-31(53)27-30/h9,11-12,27,29,32-35,37-41H,10,13-26,28H2,1-8H3,(H,54,55)(H,57,58)/t32-,33-,34+,35-,37+,38+,39-,40+,41-,49+,50-,51-,52+/m1/s1. The van der Waals surface area contributed by atoms with Crippen molar-refractivity contribution >= 4 is 17.8 Å². The number of esters is 1. The van der Waals surface area contributed by atoms with Crippen LogP contribution in [0, 0.1) is 85.1 Å². The Labute approximate surface area is 363 Å². The van der Waals surface area contributed by atoms with Gasteiger partial charge in [-0.15, -0.1) is 0 Å². The largest absolute Gasteiger partial charge is 0.481 e. The number of aliphatic carboxylic acids is 1. The number of imidazole rings is 1. The van der Waals surface area contributed by atoms with E-state index in [1.165, 1.54) is 44.2 Å². The van der Waals surface area contributed by atoms with Crippen LogP contribution in [-0.2, 0) is 19.1 Å². The van der Waals surface area contributed by atoms with Gasteiger partial charge in [0.1, 0.15) is 17.7 Å². The predicted molar refractivity (Wildman–Crippen MR) is 232 cm³/mol. The number of nitrogens with one attached hydrogen (secondary N) is 1. The summed E-state index contributed by atoms with van der Waals surface area (Å²) in [5, 5.41) is 9.72. The second-order valence-electron chi connectivity index (χ2n) is 24.3. The Morgan fingerprint density at radius 2 is 1.57 bits per heavy atom. The number of benzene rings is 1. The van der Waals surface area contributed by atoms with Crippen molar-refractivity contribution in [3.63, 3.8) is 0 Å². The molecule has 1 aliphatic heterocycles. The number of hydrogen-bond donors (Lipinski definition) is 2. The van der Waals surface area contributed by atoms with Gasteiger partial charge in [0.25, 0.3) is 0 Å². The highest BCUT2D eigenvalue weighted by Crippen LogP contribution is 2.79.